The predicted molar refractivity (Wildman–Crippen MR) is 147 cm³/mol. The highest BCUT2D eigenvalue weighted by molar-refractivity contribution is 5.89. The zero-order valence-corrected chi connectivity index (χ0v) is 22.2. The Kier molecular flexibility index (Phi) is 10.1. The molecule has 2 heterocycles. The number of imidazole rings is 2. The molecule has 1 aliphatic rings. The first kappa shape index (κ1) is 26.9. The van der Waals surface area contributed by atoms with Gasteiger partial charge < -0.3 is 30.4 Å². The first-order valence-electron chi connectivity index (χ1n) is 13.7. The number of anilines is 1. The third-order valence-corrected chi connectivity index (χ3v) is 7.11. The van der Waals surface area contributed by atoms with Crippen molar-refractivity contribution in [2.75, 3.05) is 18.4 Å². The van der Waals surface area contributed by atoms with Crippen LogP contribution in [-0.2, 0) is 19.6 Å². The molecular weight excluding hydrogens is 464 g/mol. The van der Waals surface area contributed by atoms with Crippen molar-refractivity contribution in [3.8, 4) is 0 Å². The van der Waals surface area contributed by atoms with Crippen LogP contribution in [0.4, 0.5) is 10.5 Å². The van der Waals surface area contributed by atoms with E-state index in [4.69, 9.17) is 0 Å². The summed E-state index contributed by atoms with van der Waals surface area (Å²) in [5.74, 6) is 1.45. The average Bonchev–Trinajstić information content (AvgIpc) is 3.63. The van der Waals surface area contributed by atoms with Crippen molar-refractivity contribution in [1.82, 2.24) is 35.1 Å². The van der Waals surface area contributed by atoms with Crippen LogP contribution in [0, 0.1) is 0 Å². The fraction of sp³-hybridized carbons (Fsp3) is 0.536. The van der Waals surface area contributed by atoms with Crippen LogP contribution in [0.5, 0.6) is 0 Å². The summed E-state index contributed by atoms with van der Waals surface area (Å²) in [6.07, 6.45) is 14.4. The van der Waals surface area contributed by atoms with Gasteiger partial charge in [0.2, 0.25) is 0 Å². The molecule has 2 amide bonds. The van der Waals surface area contributed by atoms with Crippen molar-refractivity contribution in [3.05, 3.63) is 66.3 Å². The van der Waals surface area contributed by atoms with E-state index in [0.717, 1.165) is 29.9 Å². The van der Waals surface area contributed by atoms with Crippen molar-refractivity contribution in [2.24, 2.45) is 0 Å². The Morgan fingerprint density at radius 1 is 0.919 bits per heavy atom. The number of aromatic nitrogens is 4. The molecule has 0 bridgehead atoms. The van der Waals surface area contributed by atoms with Gasteiger partial charge in [0.25, 0.3) is 0 Å². The highest BCUT2D eigenvalue weighted by Crippen LogP contribution is 2.24. The Bertz CT molecular complexity index is 985. The number of nitrogens with zero attached hydrogens (tertiary/aromatic N) is 4. The van der Waals surface area contributed by atoms with E-state index in [1.807, 2.05) is 12.1 Å². The average molecular weight is 507 g/mol. The maximum atomic E-state index is 13.1. The Balaban J connectivity index is 1.24. The van der Waals surface area contributed by atoms with E-state index in [9.17, 15) is 4.79 Å². The first-order valence-corrected chi connectivity index (χ1v) is 13.7. The van der Waals surface area contributed by atoms with Crippen LogP contribution < -0.4 is 10.6 Å². The molecule has 9 nitrogen and oxygen atoms in total. The molecule has 2 aromatic heterocycles. The molecule has 4 N–H and O–H groups in total. The summed E-state index contributed by atoms with van der Waals surface area (Å²) >= 11 is 0. The van der Waals surface area contributed by atoms with Crippen molar-refractivity contribution in [2.45, 2.75) is 84.1 Å². The van der Waals surface area contributed by atoms with Gasteiger partial charge in [-0.15, -0.1) is 0 Å². The molecular formula is C28H42N8O. The van der Waals surface area contributed by atoms with E-state index < -0.39 is 0 Å². The lowest BCUT2D eigenvalue weighted by molar-refractivity contribution is 0.143. The van der Waals surface area contributed by atoms with E-state index in [0.29, 0.717) is 19.1 Å². The minimum atomic E-state index is -0.198. The van der Waals surface area contributed by atoms with Gasteiger partial charge in [-0.05, 0) is 69.3 Å². The van der Waals surface area contributed by atoms with Gasteiger partial charge in [-0.3, -0.25) is 0 Å². The lowest BCUT2D eigenvalue weighted by Gasteiger charge is -2.37. The Labute approximate surface area is 220 Å². The number of carbonyl (C=O) groups is 1. The second-order valence-electron chi connectivity index (χ2n) is 9.98. The largest absolute Gasteiger partial charge is 0.347 e. The third-order valence-electron chi connectivity index (χ3n) is 7.11. The highest BCUT2D eigenvalue weighted by Gasteiger charge is 2.25. The second-order valence-corrected chi connectivity index (χ2v) is 9.98. The van der Waals surface area contributed by atoms with Crippen LogP contribution in [0.2, 0.25) is 0 Å². The molecule has 0 spiro atoms. The molecule has 0 unspecified atom stereocenters. The number of H-pyrrole nitrogens is 2. The molecule has 37 heavy (non-hydrogen) atoms. The van der Waals surface area contributed by atoms with Crippen LogP contribution in [0.15, 0.2) is 49.1 Å². The van der Waals surface area contributed by atoms with Gasteiger partial charge in [0, 0.05) is 49.1 Å². The van der Waals surface area contributed by atoms with Crippen molar-refractivity contribution in [3.63, 3.8) is 0 Å². The van der Waals surface area contributed by atoms with Gasteiger partial charge in [-0.1, -0.05) is 26.0 Å². The highest BCUT2D eigenvalue weighted by atomic mass is 16.2. The number of benzene rings is 1. The fourth-order valence-corrected chi connectivity index (χ4v) is 5.20. The summed E-state index contributed by atoms with van der Waals surface area (Å²) in [6, 6.07) is 9.24. The number of rotatable bonds is 13. The SMILES string of the molecule is CCCN(CCC)C1CCC(NCc2ccc(NC(=O)N(Cc3ncc[nH]3)Cc3ncc[nH]3)cc2)CC1. The topological polar surface area (TPSA) is 105 Å². The fourth-order valence-electron chi connectivity index (χ4n) is 5.20. The van der Waals surface area contributed by atoms with Crippen LogP contribution >= 0.6 is 0 Å². The van der Waals surface area contributed by atoms with Gasteiger partial charge >= 0.3 is 6.03 Å². The normalized spacial score (nSPS) is 17.7. The monoisotopic (exact) mass is 506 g/mol. The van der Waals surface area contributed by atoms with Gasteiger partial charge in [0.1, 0.15) is 11.6 Å². The second kappa shape index (κ2) is 13.9. The maximum Gasteiger partial charge on any atom is 0.322 e. The summed E-state index contributed by atoms with van der Waals surface area (Å²) in [5.41, 5.74) is 1.99. The molecule has 1 saturated carbocycles. The van der Waals surface area contributed by atoms with Crippen LogP contribution in [-0.4, -0.2) is 60.9 Å². The molecule has 4 rings (SSSR count). The van der Waals surface area contributed by atoms with Gasteiger partial charge in [0.05, 0.1) is 13.1 Å². The third kappa shape index (κ3) is 8.16. The molecule has 1 aliphatic carbocycles. The zero-order chi connectivity index (χ0) is 25.9. The Hall–Kier alpha value is -3.17. The molecule has 1 aromatic carbocycles. The number of urea groups is 1. The van der Waals surface area contributed by atoms with E-state index in [1.165, 1.54) is 57.2 Å². The van der Waals surface area contributed by atoms with Crippen LogP contribution in [0.3, 0.4) is 0 Å². The summed E-state index contributed by atoms with van der Waals surface area (Å²) in [4.78, 5) is 32.1. The first-order chi connectivity index (χ1) is 18.1. The zero-order valence-electron chi connectivity index (χ0n) is 22.2. The molecule has 3 aromatic rings. The Morgan fingerprint density at radius 3 is 2.03 bits per heavy atom. The lowest BCUT2D eigenvalue weighted by atomic mass is 9.89. The number of nitrogens with one attached hydrogen (secondary N) is 4. The summed E-state index contributed by atoms with van der Waals surface area (Å²) in [7, 11) is 0. The maximum absolute atomic E-state index is 13.1. The predicted octanol–water partition coefficient (Wildman–Crippen LogP) is 4.89. The number of carbonyl (C=O) groups excluding carboxylic acids is 1. The quantitative estimate of drug-likeness (QED) is 0.264. The van der Waals surface area contributed by atoms with E-state index >= 15 is 0 Å². The lowest BCUT2D eigenvalue weighted by Crippen LogP contribution is -2.43. The van der Waals surface area contributed by atoms with Crippen molar-refractivity contribution in [1.29, 1.82) is 0 Å². The van der Waals surface area contributed by atoms with Gasteiger partial charge in [0.15, 0.2) is 0 Å². The number of hydrogen-bond donors (Lipinski definition) is 4. The summed E-state index contributed by atoms with van der Waals surface area (Å²) < 4.78 is 0. The molecule has 0 radical (unpaired) electrons. The molecule has 0 aliphatic heterocycles. The molecule has 200 valence electrons. The van der Waals surface area contributed by atoms with Gasteiger partial charge in [-0.25, -0.2) is 14.8 Å². The van der Waals surface area contributed by atoms with E-state index in [-0.39, 0.29) is 6.03 Å². The molecule has 9 heteroatoms. The summed E-state index contributed by atoms with van der Waals surface area (Å²) in [6.45, 7) is 8.58. The van der Waals surface area contributed by atoms with Crippen LogP contribution in [0.25, 0.3) is 0 Å². The van der Waals surface area contributed by atoms with Crippen LogP contribution in [0.1, 0.15) is 69.6 Å². The molecule has 1 fully saturated rings. The minimum absolute atomic E-state index is 0.198. The van der Waals surface area contributed by atoms with Crippen molar-refractivity contribution >= 4 is 11.7 Å². The number of amides is 2. The minimum Gasteiger partial charge on any atom is -0.347 e. The van der Waals surface area contributed by atoms with E-state index in [2.05, 4.69) is 61.4 Å². The smallest absolute Gasteiger partial charge is 0.322 e. The van der Waals surface area contributed by atoms with Crippen molar-refractivity contribution < 1.29 is 4.79 Å². The standard InChI is InChI=1S/C28H42N8O/c1-3-17-35(18-4-2)25-11-9-23(10-12-25)33-19-22-5-7-24(8-6-22)34-28(37)36(20-26-29-13-14-30-26)21-27-31-15-16-32-27/h5-8,13-16,23,25,33H,3-4,9-12,17-21H2,1-2H3,(H,29,30)(H,31,32)(H,34,37). The molecule has 0 saturated heterocycles. The number of hydrogen-bond acceptors (Lipinski definition) is 5. The molecule has 0 atom stereocenters. The number of aromatic amines is 2. The Morgan fingerprint density at radius 2 is 1.51 bits per heavy atom. The summed E-state index contributed by atoms with van der Waals surface area (Å²) in [5, 5.41) is 6.77. The van der Waals surface area contributed by atoms with Gasteiger partial charge in [-0.2, -0.15) is 0 Å². The van der Waals surface area contributed by atoms with E-state index in [1.54, 1.807) is 29.7 Å².